The van der Waals surface area contributed by atoms with Crippen LogP contribution in [-0.2, 0) is 0 Å². The Morgan fingerprint density at radius 3 is 2.20 bits per heavy atom. The smallest absolute Gasteiger partial charge is 0.0467 e. The molecule has 0 fully saturated rings. The average Bonchev–Trinajstić information content (AvgIpc) is 3.62. The van der Waals surface area contributed by atoms with Crippen LogP contribution >= 0.6 is 11.3 Å². The fourth-order valence-corrected chi connectivity index (χ4v) is 10.1. The lowest BCUT2D eigenvalue weighted by atomic mass is 9.82. The van der Waals surface area contributed by atoms with E-state index in [2.05, 4.69) is 206 Å². The summed E-state index contributed by atoms with van der Waals surface area (Å²) in [7, 11) is 0. The molecular formula is C52H42N2S. The first kappa shape index (κ1) is 33.4. The molecule has 0 amide bonds. The normalized spacial score (nSPS) is 17.7. The second-order valence-electron chi connectivity index (χ2n) is 15.1. The Labute approximate surface area is 327 Å². The predicted octanol–water partition coefficient (Wildman–Crippen LogP) is 15.2. The zero-order chi connectivity index (χ0) is 36.9. The number of thiophene rings is 1. The molecule has 0 saturated carbocycles. The van der Waals surface area contributed by atoms with Crippen molar-refractivity contribution in [1.29, 1.82) is 0 Å². The molecule has 1 N–H and O–H groups in total. The number of fused-ring (bicyclic) bond motifs is 7. The first-order valence-corrected chi connectivity index (χ1v) is 20.3. The van der Waals surface area contributed by atoms with Crippen molar-refractivity contribution in [2.45, 2.75) is 32.1 Å². The van der Waals surface area contributed by atoms with Crippen molar-refractivity contribution in [3.63, 3.8) is 0 Å². The molecule has 55 heavy (non-hydrogen) atoms. The molecule has 10 rings (SSSR count). The molecule has 266 valence electrons. The van der Waals surface area contributed by atoms with Crippen LogP contribution in [0.15, 0.2) is 182 Å². The summed E-state index contributed by atoms with van der Waals surface area (Å²) in [6.45, 7) is 4.73. The summed E-state index contributed by atoms with van der Waals surface area (Å²) in [5.74, 6) is 1.04. The van der Waals surface area contributed by atoms with Gasteiger partial charge in [0.25, 0.3) is 0 Å². The Balaban J connectivity index is 1.03. The highest BCUT2D eigenvalue weighted by Gasteiger charge is 2.25. The van der Waals surface area contributed by atoms with Crippen molar-refractivity contribution in [3.05, 3.63) is 198 Å². The van der Waals surface area contributed by atoms with Crippen LogP contribution in [0.2, 0.25) is 0 Å². The molecule has 2 nitrogen and oxygen atoms in total. The number of nitrogens with one attached hydrogen (secondary N) is 1. The molecule has 0 spiro atoms. The molecule has 2 aliphatic carbocycles. The quantitative estimate of drug-likeness (QED) is 0.165. The van der Waals surface area contributed by atoms with E-state index in [4.69, 9.17) is 0 Å². The summed E-state index contributed by atoms with van der Waals surface area (Å²) in [6.07, 6.45) is 13.0. The Bertz CT molecular complexity index is 2790. The predicted molar refractivity (Wildman–Crippen MR) is 238 cm³/mol. The van der Waals surface area contributed by atoms with E-state index < -0.39 is 0 Å². The minimum absolute atomic E-state index is 0.244. The van der Waals surface area contributed by atoms with Crippen molar-refractivity contribution in [2.24, 2.45) is 5.92 Å². The summed E-state index contributed by atoms with van der Waals surface area (Å²) in [6, 6.07) is 55.2. The van der Waals surface area contributed by atoms with E-state index >= 15 is 0 Å². The number of hydrogen-bond donors (Lipinski definition) is 1. The van der Waals surface area contributed by atoms with Gasteiger partial charge in [-0.3, -0.25) is 0 Å². The molecule has 0 bridgehead atoms. The first-order chi connectivity index (χ1) is 27.1. The minimum Gasteiger partial charge on any atom is -0.355 e. The average molecular weight is 727 g/mol. The largest absolute Gasteiger partial charge is 0.355 e. The summed E-state index contributed by atoms with van der Waals surface area (Å²) in [5.41, 5.74) is 10.9. The highest BCUT2D eigenvalue weighted by Crippen LogP contribution is 2.47. The molecule has 0 saturated heterocycles. The van der Waals surface area contributed by atoms with Gasteiger partial charge in [0.2, 0.25) is 0 Å². The van der Waals surface area contributed by atoms with E-state index in [1.807, 2.05) is 11.3 Å². The van der Waals surface area contributed by atoms with Crippen LogP contribution in [0.1, 0.15) is 48.1 Å². The van der Waals surface area contributed by atoms with E-state index in [0.717, 1.165) is 29.2 Å². The topological polar surface area (TPSA) is 15.3 Å². The Hall–Kier alpha value is -6.16. The summed E-state index contributed by atoms with van der Waals surface area (Å²) in [5, 5.41) is 10.4. The third-order valence-corrected chi connectivity index (χ3v) is 12.7. The van der Waals surface area contributed by atoms with Gasteiger partial charge in [-0.05, 0) is 123 Å². The van der Waals surface area contributed by atoms with E-state index in [-0.39, 0.29) is 11.8 Å². The second-order valence-corrected chi connectivity index (χ2v) is 16.2. The number of benzene rings is 7. The van der Waals surface area contributed by atoms with Crippen LogP contribution < -0.4 is 10.2 Å². The first-order valence-electron chi connectivity index (χ1n) is 19.4. The molecule has 3 atom stereocenters. The monoisotopic (exact) mass is 726 g/mol. The van der Waals surface area contributed by atoms with E-state index in [1.165, 1.54) is 64.5 Å². The maximum absolute atomic E-state index is 3.68. The van der Waals surface area contributed by atoms with E-state index in [1.54, 1.807) is 0 Å². The highest BCUT2D eigenvalue weighted by molar-refractivity contribution is 7.20. The van der Waals surface area contributed by atoms with Gasteiger partial charge >= 0.3 is 0 Å². The van der Waals surface area contributed by atoms with Crippen molar-refractivity contribution >= 4 is 71.8 Å². The van der Waals surface area contributed by atoms with Gasteiger partial charge in [0.05, 0.1) is 0 Å². The van der Waals surface area contributed by atoms with Crippen LogP contribution in [0.5, 0.6) is 0 Å². The molecular weight excluding hydrogens is 685 g/mol. The fraction of sp³-hybridized carbons (Fsp3) is 0.115. The number of hydrogen-bond acceptors (Lipinski definition) is 3. The van der Waals surface area contributed by atoms with Gasteiger partial charge in [-0.1, -0.05) is 129 Å². The van der Waals surface area contributed by atoms with Gasteiger partial charge in [-0.25, -0.2) is 0 Å². The number of para-hydroxylation sites is 2. The zero-order valence-electron chi connectivity index (χ0n) is 31.1. The van der Waals surface area contributed by atoms with Crippen LogP contribution in [0.25, 0.3) is 48.8 Å². The number of nitrogens with zero attached hydrogens (tertiary/aromatic N) is 1. The van der Waals surface area contributed by atoms with Gasteiger partial charge in [0.15, 0.2) is 0 Å². The summed E-state index contributed by atoms with van der Waals surface area (Å²) in [4.78, 5) is 3.85. The third kappa shape index (κ3) is 6.06. The van der Waals surface area contributed by atoms with Crippen LogP contribution in [0.4, 0.5) is 22.7 Å². The molecule has 1 aromatic heterocycles. The van der Waals surface area contributed by atoms with E-state index in [9.17, 15) is 0 Å². The van der Waals surface area contributed by atoms with Gasteiger partial charge in [0.1, 0.15) is 0 Å². The lowest BCUT2D eigenvalue weighted by Gasteiger charge is -2.32. The zero-order valence-corrected chi connectivity index (χ0v) is 31.9. The molecule has 7 aromatic carbocycles. The maximum Gasteiger partial charge on any atom is 0.0467 e. The second kappa shape index (κ2) is 13.9. The van der Waals surface area contributed by atoms with Crippen LogP contribution in [0, 0.1) is 5.92 Å². The maximum atomic E-state index is 3.68. The van der Waals surface area contributed by atoms with Crippen molar-refractivity contribution < 1.29 is 0 Å². The van der Waals surface area contributed by atoms with Gasteiger partial charge in [-0.2, -0.15) is 0 Å². The lowest BCUT2D eigenvalue weighted by Crippen LogP contribution is -2.20. The van der Waals surface area contributed by atoms with Crippen molar-refractivity contribution in [2.75, 3.05) is 10.2 Å². The third-order valence-electron chi connectivity index (χ3n) is 11.5. The van der Waals surface area contributed by atoms with Crippen molar-refractivity contribution in [3.8, 4) is 11.1 Å². The Morgan fingerprint density at radius 2 is 1.40 bits per heavy atom. The molecule has 0 aliphatic heterocycles. The molecule has 2 aliphatic rings. The fourth-order valence-electron chi connectivity index (χ4n) is 8.83. The van der Waals surface area contributed by atoms with Crippen LogP contribution in [0.3, 0.4) is 0 Å². The summed E-state index contributed by atoms with van der Waals surface area (Å²) < 4.78 is 1.39. The highest BCUT2D eigenvalue weighted by atomic mass is 32.1. The molecule has 3 unspecified atom stereocenters. The molecule has 3 heteroatoms. The number of anilines is 4. The molecule has 1 heterocycles. The van der Waals surface area contributed by atoms with Crippen LogP contribution in [-0.4, -0.2) is 0 Å². The summed E-state index contributed by atoms with van der Waals surface area (Å²) >= 11 is 1.94. The molecule has 8 aromatic rings. The molecule has 0 radical (unpaired) electrons. The van der Waals surface area contributed by atoms with E-state index in [0.29, 0.717) is 5.92 Å². The minimum atomic E-state index is 0.244. The SMILES string of the molecule is CC1CC=Cc2sc3ccc4ccc5cc(N(C6=CC(C)C(c7ccc(Nc8ccccc8)c(-c8ccccc8)c7)C=C6)c6ccccc6)ccc5c4c3c21. The Kier molecular flexibility index (Phi) is 8.46. The standard InChI is InChI=1S/C52H42N2S/c1-34-13-12-20-48-50(34)52-49(55-48)30-24-37-21-22-38-32-43(26-28-45(38)51(37)52)54(41-18-10-5-11-19-41)42-25-27-44(35(2)31-42)39-23-29-47(53-40-16-8-4-9-17-40)46(33-39)36-14-6-3-7-15-36/h3-12,14-35,44,53H,13H2,1-2H3. The lowest BCUT2D eigenvalue weighted by molar-refractivity contribution is 0.628. The van der Waals surface area contributed by atoms with Crippen molar-refractivity contribution in [1.82, 2.24) is 0 Å². The van der Waals surface area contributed by atoms with Gasteiger partial charge in [-0.15, -0.1) is 11.3 Å². The number of rotatable bonds is 7. The Morgan fingerprint density at radius 1 is 0.655 bits per heavy atom. The van der Waals surface area contributed by atoms with Gasteiger partial charge in [0, 0.05) is 54.9 Å². The number of allylic oxidation sites excluding steroid dienone is 4. The van der Waals surface area contributed by atoms with Gasteiger partial charge < -0.3 is 10.2 Å².